The number of fused-ring (bicyclic) bond motifs is 1. The highest BCUT2D eigenvalue weighted by molar-refractivity contribution is 7.09. The van der Waals surface area contributed by atoms with Crippen molar-refractivity contribution in [1.82, 2.24) is 15.2 Å². The highest BCUT2D eigenvalue weighted by Gasteiger charge is 2.50. The standard InChI is InChI=1S/C18H21N3O2S.2C2HF3O2/c22-17(14-3-1-5-19-7-14)20-11-18-12-21(8-15(18)10-23-13-18)9-16-4-2-6-24-16;2*3-2(4,5)1(6)7/h1-7,15H,8-13H2,(H,20,22);2*(H,6,7)/t15-,18+;;/m1../s1. The molecule has 2 fully saturated rings. The number of carboxylic acids is 2. The number of carbonyl (C=O) groups is 3. The van der Waals surface area contributed by atoms with E-state index in [1.54, 1.807) is 35.9 Å². The molecule has 0 aromatic carbocycles. The molecule has 0 spiro atoms. The van der Waals surface area contributed by atoms with Crippen LogP contribution >= 0.6 is 11.3 Å². The van der Waals surface area contributed by atoms with Crippen LogP contribution < -0.4 is 5.32 Å². The summed E-state index contributed by atoms with van der Waals surface area (Å²) >= 11 is 1.80. The number of nitrogens with one attached hydrogen (secondary N) is 1. The van der Waals surface area contributed by atoms with Crippen molar-refractivity contribution in [2.75, 3.05) is 32.8 Å². The Kier molecular flexibility index (Phi) is 10.6. The molecule has 2 saturated heterocycles. The number of thiophene rings is 1. The molecule has 2 atom stereocenters. The molecule has 210 valence electrons. The average molecular weight is 571 g/mol. The Hall–Kier alpha value is -3.24. The van der Waals surface area contributed by atoms with E-state index in [-0.39, 0.29) is 11.3 Å². The Morgan fingerprint density at radius 2 is 1.74 bits per heavy atom. The topological polar surface area (TPSA) is 129 Å². The number of aromatic nitrogens is 1. The number of likely N-dealkylation sites (tertiary alicyclic amines) is 1. The number of hydrogen-bond donors (Lipinski definition) is 3. The Balaban J connectivity index is 0.000000301. The molecular formula is C22H23F6N3O6S. The predicted octanol–water partition coefficient (Wildman–Crippen LogP) is 3.29. The van der Waals surface area contributed by atoms with Crippen LogP contribution in [0.15, 0.2) is 42.0 Å². The number of alkyl halides is 6. The van der Waals surface area contributed by atoms with Gasteiger partial charge >= 0.3 is 24.3 Å². The summed E-state index contributed by atoms with van der Waals surface area (Å²) in [6, 6.07) is 7.86. The minimum absolute atomic E-state index is 0.0368. The maximum atomic E-state index is 12.3. The molecule has 0 aliphatic carbocycles. The summed E-state index contributed by atoms with van der Waals surface area (Å²) in [5, 5.41) is 19.5. The molecule has 2 aromatic rings. The molecule has 2 aliphatic heterocycles. The highest BCUT2D eigenvalue weighted by Crippen LogP contribution is 2.41. The van der Waals surface area contributed by atoms with E-state index in [4.69, 9.17) is 24.5 Å². The van der Waals surface area contributed by atoms with Crippen molar-refractivity contribution in [3.05, 3.63) is 52.5 Å². The third-order valence-electron chi connectivity index (χ3n) is 5.56. The quantitative estimate of drug-likeness (QED) is 0.467. The predicted molar refractivity (Wildman–Crippen MR) is 120 cm³/mol. The van der Waals surface area contributed by atoms with Gasteiger partial charge in [0.15, 0.2) is 0 Å². The first-order valence-corrected chi connectivity index (χ1v) is 11.6. The van der Waals surface area contributed by atoms with E-state index in [2.05, 4.69) is 32.7 Å². The van der Waals surface area contributed by atoms with E-state index in [1.807, 2.05) is 0 Å². The second-order valence-corrected chi connectivity index (χ2v) is 9.39. The van der Waals surface area contributed by atoms with Crippen LogP contribution in [0.25, 0.3) is 0 Å². The maximum Gasteiger partial charge on any atom is 0.490 e. The third-order valence-corrected chi connectivity index (χ3v) is 6.42. The fourth-order valence-corrected chi connectivity index (χ4v) is 4.54. The van der Waals surface area contributed by atoms with E-state index in [9.17, 15) is 31.1 Å². The second kappa shape index (κ2) is 13.0. The molecule has 38 heavy (non-hydrogen) atoms. The van der Waals surface area contributed by atoms with Crippen LogP contribution in [0, 0.1) is 11.3 Å². The van der Waals surface area contributed by atoms with Gasteiger partial charge < -0.3 is 20.3 Å². The largest absolute Gasteiger partial charge is 0.490 e. The van der Waals surface area contributed by atoms with Crippen molar-refractivity contribution < 1.29 is 55.7 Å². The number of hydrogen-bond acceptors (Lipinski definition) is 7. The van der Waals surface area contributed by atoms with E-state index >= 15 is 0 Å². The summed E-state index contributed by atoms with van der Waals surface area (Å²) in [4.78, 5) is 38.0. The van der Waals surface area contributed by atoms with Gasteiger partial charge in [-0.3, -0.25) is 14.7 Å². The van der Waals surface area contributed by atoms with Gasteiger partial charge in [-0.2, -0.15) is 26.3 Å². The first-order chi connectivity index (χ1) is 17.6. The Morgan fingerprint density at radius 1 is 1.11 bits per heavy atom. The van der Waals surface area contributed by atoms with Crippen molar-refractivity contribution in [2.45, 2.75) is 18.9 Å². The van der Waals surface area contributed by atoms with Crippen LogP contribution in [0.3, 0.4) is 0 Å². The molecule has 4 heterocycles. The number of ether oxygens (including phenoxy) is 1. The number of nitrogens with zero attached hydrogens (tertiary/aromatic N) is 2. The SMILES string of the molecule is O=C(NC[C@]12COC[C@H]1CN(Cc1cccs1)C2)c1cccnc1.O=C(O)C(F)(F)F.O=C(O)C(F)(F)F. The van der Waals surface area contributed by atoms with Crippen LogP contribution in [0.1, 0.15) is 15.2 Å². The number of pyridine rings is 1. The third kappa shape index (κ3) is 9.25. The molecule has 0 saturated carbocycles. The number of rotatable bonds is 5. The lowest BCUT2D eigenvalue weighted by molar-refractivity contribution is -0.193. The molecule has 2 aliphatic rings. The van der Waals surface area contributed by atoms with Crippen LogP contribution in [-0.4, -0.2) is 83.1 Å². The maximum absolute atomic E-state index is 12.3. The average Bonchev–Trinajstić information content (AvgIpc) is 3.54. The summed E-state index contributed by atoms with van der Waals surface area (Å²) in [6.07, 6.45) is -6.89. The lowest BCUT2D eigenvalue weighted by Gasteiger charge is -2.27. The van der Waals surface area contributed by atoms with Crippen molar-refractivity contribution in [2.24, 2.45) is 11.3 Å². The van der Waals surface area contributed by atoms with Gasteiger partial charge in [0.25, 0.3) is 5.91 Å². The van der Waals surface area contributed by atoms with Crippen molar-refractivity contribution in [3.63, 3.8) is 0 Å². The molecule has 0 unspecified atom stereocenters. The molecule has 3 N–H and O–H groups in total. The van der Waals surface area contributed by atoms with Crippen molar-refractivity contribution >= 4 is 29.2 Å². The van der Waals surface area contributed by atoms with Gasteiger partial charge in [-0.15, -0.1) is 11.3 Å². The van der Waals surface area contributed by atoms with E-state index in [0.717, 1.165) is 32.8 Å². The fourth-order valence-electron chi connectivity index (χ4n) is 3.79. The van der Waals surface area contributed by atoms with Crippen LogP contribution in [0.5, 0.6) is 0 Å². The number of carboxylic acid groups (broad SMARTS) is 2. The molecular weight excluding hydrogens is 548 g/mol. The van der Waals surface area contributed by atoms with E-state index in [0.29, 0.717) is 18.0 Å². The molecule has 9 nitrogen and oxygen atoms in total. The lowest BCUT2D eigenvalue weighted by atomic mass is 9.81. The number of amides is 1. The second-order valence-electron chi connectivity index (χ2n) is 8.35. The molecule has 0 radical (unpaired) electrons. The Bertz CT molecular complexity index is 1040. The Labute approximate surface area is 216 Å². The first kappa shape index (κ1) is 31.0. The summed E-state index contributed by atoms with van der Waals surface area (Å²) < 4.78 is 69.2. The van der Waals surface area contributed by atoms with Gasteiger partial charge in [0.2, 0.25) is 0 Å². The van der Waals surface area contributed by atoms with Crippen molar-refractivity contribution in [1.29, 1.82) is 0 Å². The normalized spacial score (nSPS) is 20.8. The van der Waals surface area contributed by atoms with Gasteiger partial charge in [0, 0.05) is 54.8 Å². The molecule has 4 rings (SSSR count). The zero-order valence-corrected chi connectivity index (χ0v) is 20.3. The zero-order chi connectivity index (χ0) is 28.6. The Morgan fingerprint density at radius 3 is 2.24 bits per heavy atom. The fraction of sp³-hybridized carbons (Fsp3) is 0.455. The first-order valence-electron chi connectivity index (χ1n) is 10.7. The van der Waals surface area contributed by atoms with Crippen LogP contribution in [0.4, 0.5) is 26.3 Å². The highest BCUT2D eigenvalue weighted by atomic mass is 32.1. The zero-order valence-electron chi connectivity index (χ0n) is 19.5. The molecule has 2 aromatic heterocycles. The minimum atomic E-state index is -5.08. The van der Waals surface area contributed by atoms with Gasteiger partial charge in [0.1, 0.15) is 0 Å². The smallest absolute Gasteiger partial charge is 0.475 e. The van der Waals surface area contributed by atoms with Gasteiger partial charge in [-0.1, -0.05) is 6.07 Å². The molecule has 16 heteroatoms. The van der Waals surface area contributed by atoms with Gasteiger partial charge in [-0.25, -0.2) is 9.59 Å². The number of halogens is 6. The minimum Gasteiger partial charge on any atom is -0.475 e. The summed E-state index contributed by atoms with van der Waals surface area (Å²) in [5.41, 5.74) is 0.646. The van der Waals surface area contributed by atoms with E-state index < -0.39 is 24.3 Å². The van der Waals surface area contributed by atoms with Gasteiger partial charge in [-0.05, 0) is 23.6 Å². The lowest BCUT2D eigenvalue weighted by Crippen LogP contribution is -2.43. The van der Waals surface area contributed by atoms with Crippen molar-refractivity contribution in [3.8, 4) is 0 Å². The molecule has 1 amide bonds. The number of carbonyl (C=O) groups excluding carboxylic acids is 1. The van der Waals surface area contributed by atoms with E-state index in [1.165, 1.54) is 4.88 Å². The van der Waals surface area contributed by atoms with Gasteiger partial charge in [0.05, 0.1) is 18.8 Å². The van der Waals surface area contributed by atoms with Crippen LogP contribution in [-0.2, 0) is 20.9 Å². The monoisotopic (exact) mass is 571 g/mol. The van der Waals surface area contributed by atoms with Crippen LogP contribution in [0.2, 0.25) is 0 Å². The summed E-state index contributed by atoms with van der Waals surface area (Å²) in [7, 11) is 0. The summed E-state index contributed by atoms with van der Waals surface area (Å²) in [5.74, 6) is -5.08. The molecule has 0 bridgehead atoms. The summed E-state index contributed by atoms with van der Waals surface area (Å²) in [6.45, 7) is 5.19. The number of aliphatic carboxylic acids is 2.